The van der Waals surface area contributed by atoms with E-state index in [2.05, 4.69) is 41.0 Å². The van der Waals surface area contributed by atoms with Gasteiger partial charge in [-0.1, -0.05) is 78.6 Å². The number of aliphatic hydroxyl groups is 2. The van der Waals surface area contributed by atoms with Crippen LogP contribution in [0.3, 0.4) is 0 Å². The van der Waals surface area contributed by atoms with Crippen LogP contribution >= 0.6 is 0 Å². The summed E-state index contributed by atoms with van der Waals surface area (Å²) in [4.78, 5) is 84.4. The zero-order chi connectivity index (χ0) is 64.9. The van der Waals surface area contributed by atoms with E-state index in [4.69, 9.17) is 54.8 Å². The number of carboxylic acid groups (broad SMARTS) is 1. The Hall–Kier alpha value is -5.67. The van der Waals surface area contributed by atoms with Crippen molar-refractivity contribution in [2.45, 2.75) is 251 Å². The molecule has 9 saturated carbocycles. The quantitative estimate of drug-likeness (QED) is 0.0381. The Morgan fingerprint density at radius 3 is 1.22 bits per heavy atom. The van der Waals surface area contributed by atoms with Gasteiger partial charge < -0.3 is 65.3 Å². The number of rotatable bonds is 23. The van der Waals surface area contributed by atoms with Gasteiger partial charge in [-0.25, -0.2) is 14.4 Å². The number of nitrogen functional groups attached to an aromatic ring is 2. The van der Waals surface area contributed by atoms with Gasteiger partial charge in [0.2, 0.25) is 5.91 Å². The van der Waals surface area contributed by atoms with Crippen LogP contribution in [0.2, 0.25) is 0 Å². The number of aliphatic carboxylic acids is 1. The van der Waals surface area contributed by atoms with Crippen molar-refractivity contribution in [3.63, 3.8) is 0 Å². The summed E-state index contributed by atoms with van der Waals surface area (Å²) in [7, 11) is 0. The van der Waals surface area contributed by atoms with Crippen LogP contribution in [0.15, 0.2) is 51.2 Å². The molecule has 0 unspecified atom stereocenters. The molecule has 8 N–H and O–H groups in total. The average molecular weight is 1280 g/mol. The van der Waals surface area contributed by atoms with Crippen molar-refractivity contribution in [3.05, 3.63) is 68.2 Å². The zero-order valence-electron chi connectivity index (χ0n) is 53.9. The summed E-state index contributed by atoms with van der Waals surface area (Å²) in [6, 6.07) is 4.65. The van der Waals surface area contributed by atoms with Crippen molar-refractivity contribution < 1.29 is 62.9 Å². The Morgan fingerprint density at radius 1 is 0.516 bits per heavy atom. The van der Waals surface area contributed by atoms with E-state index < -0.39 is 60.6 Å². The van der Waals surface area contributed by atoms with Gasteiger partial charge in [-0.05, 0) is 169 Å². The molecular weight excluding hydrogens is 1170 g/mol. The molecule has 9 aliphatic carbocycles. The predicted octanol–water partition coefficient (Wildman–Crippen LogP) is 8.81. The number of amides is 1. The lowest BCUT2D eigenvalue weighted by Crippen LogP contribution is -2.48. The lowest BCUT2D eigenvalue weighted by atomic mass is 9.52. The fourth-order valence-electron chi connectivity index (χ4n) is 15.7. The molecule has 12 fully saturated rings. The van der Waals surface area contributed by atoms with Crippen molar-refractivity contribution in [2.75, 3.05) is 56.4 Å². The van der Waals surface area contributed by atoms with Crippen LogP contribution in [-0.4, -0.2) is 120 Å². The van der Waals surface area contributed by atoms with Crippen LogP contribution in [0.1, 0.15) is 232 Å². The van der Waals surface area contributed by atoms with Crippen molar-refractivity contribution in [1.29, 1.82) is 0 Å². The molecule has 12 aliphatic rings. The van der Waals surface area contributed by atoms with Gasteiger partial charge in [-0.15, -0.1) is 0 Å². The second-order valence-electron chi connectivity index (χ2n) is 27.6. The second-order valence-corrected chi connectivity index (χ2v) is 27.6. The normalized spacial score (nSPS) is 32.6. The third-order valence-corrected chi connectivity index (χ3v) is 22.1. The lowest BCUT2D eigenvalue weighted by Gasteiger charge is -2.52. The number of hydrogen-bond donors (Lipinski definition) is 6. The third kappa shape index (κ3) is 16.8. The van der Waals surface area contributed by atoms with Crippen molar-refractivity contribution >= 4 is 35.3 Å². The smallest absolute Gasteiger partial charge is 0.351 e. The van der Waals surface area contributed by atoms with Crippen LogP contribution in [0.4, 0.5) is 17.5 Å². The Balaban J connectivity index is 0.000000150. The summed E-state index contributed by atoms with van der Waals surface area (Å²) in [5.74, 6) is -0.0581. The summed E-state index contributed by atoms with van der Waals surface area (Å²) >= 11 is 0. The highest BCUT2D eigenvalue weighted by molar-refractivity contribution is 5.94. The minimum Gasteiger partial charge on any atom is -0.481 e. The Bertz CT molecular complexity index is 3020. The molecule has 6 bridgehead atoms. The van der Waals surface area contributed by atoms with E-state index in [0.29, 0.717) is 16.2 Å². The van der Waals surface area contributed by atoms with Gasteiger partial charge in [0.25, 0.3) is 0 Å². The number of carboxylic acids is 1. The van der Waals surface area contributed by atoms with Gasteiger partial charge in [0.15, 0.2) is 37.6 Å². The number of esters is 1. The van der Waals surface area contributed by atoms with Gasteiger partial charge >= 0.3 is 29.0 Å². The van der Waals surface area contributed by atoms with Gasteiger partial charge in [0.1, 0.15) is 24.1 Å². The number of anilines is 3. The highest BCUT2D eigenvalue weighted by atomic mass is 16.8. The number of unbranched alkanes of at least 4 members (excludes halogenated alkanes) is 6. The fourth-order valence-corrected chi connectivity index (χ4v) is 15.7. The Morgan fingerprint density at radius 2 is 0.868 bits per heavy atom. The summed E-state index contributed by atoms with van der Waals surface area (Å²) in [5, 5.41) is 30.1. The van der Waals surface area contributed by atoms with Gasteiger partial charge in [0.05, 0.1) is 43.9 Å². The molecular formula is C66H101N9O16. The summed E-state index contributed by atoms with van der Waals surface area (Å²) < 4.78 is 41.8. The molecule has 0 aromatic carbocycles. The number of hydrogen-bond acceptors (Lipinski definition) is 20. The van der Waals surface area contributed by atoms with E-state index >= 15 is 0 Å². The molecule has 3 aromatic heterocycles. The Kier molecular flexibility index (Phi) is 23.8. The highest BCUT2D eigenvalue weighted by Gasteiger charge is 2.55. The second kappa shape index (κ2) is 31.0. The number of nitrogens with two attached hydrogens (primary N) is 2. The van der Waals surface area contributed by atoms with Crippen LogP contribution in [-0.2, 0) is 47.5 Å². The molecule has 3 aliphatic heterocycles. The number of ether oxygens (including phenoxy) is 7. The molecule has 15 rings (SSSR count). The van der Waals surface area contributed by atoms with E-state index in [1.807, 2.05) is 0 Å². The first-order valence-corrected chi connectivity index (χ1v) is 33.8. The first-order valence-electron chi connectivity index (χ1n) is 33.8. The van der Waals surface area contributed by atoms with Crippen LogP contribution < -0.4 is 33.9 Å². The molecule has 6 heterocycles. The highest BCUT2D eigenvalue weighted by Crippen LogP contribution is 2.61. The van der Waals surface area contributed by atoms with Crippen LogP contribution in [0.25, 0.3) is 0 Å². The maximum atomic E-state index is 13.1. The summed E-state index contributed by atoms with van der Waals surface area (Å²) in [6.07, 6.45) is 35.0. The maximum Gasteiger partial charge on any atom is 0.351 e. The maximum absolute atomic E-state index is 13.1. The number of aliphatic hydroxyl groups excluding tert-OH is 2. The molecule has 25 nitrogen and oxygen atoms in total. The number of aromatic nitrogens is 6. The van der Waals surface area contributed by atoms with E-state index in [1.165, 1.54) is 135 Å². The van der Waals surface area contributed by atoms with E-state index in [1.54, 1.807) is 12.3 Å². The monoisotopic (exact) mass is 1280 g/mol. The van der Waals surface area contributed by atoms with Crippen molar-refractivity contribution in [2.24, 2.45) is 32.5 Å². The van der Waals surface area contributed by atoms with Crippen LogP contribution in [0, 0.1) is 32.5 Å². The van der Waals surface area contributed by atoms with Crippen molar-refractivity contribution in [3.8, 4) is 0 Å². The first kappa shape index (κ1) is 69.7. The molecule has 506 valence electrons. The van der Waals surface area contributed by atoms with Gasteiger partial charge in [-0.3, -0.25) is 28.1 Å². The van der Waals surface area contributed by atoms with Gasteiger partial charge in [-0.2, -0.15) is 15.0 Å². The molecule has 3 saturated heterocycles. The number of nitrogens with zero attached hydrogens (tertiary/aromatic N) is 6. The average Bonchev–Trinajstić information content (AvgIpc) is 1.38. The zero-order valence-corrected chi connectivity index (χ0v) is 53.9. The van der Waals surface area contributed by atoms with E-state index in [-0.39, 0.29) is 85.2 Å². The molecule has 1 amide bonds. The number of fused-ring (bicyclic) bond motifs is 9. The van der Waals surface area contributed by atoms with Crippen LogP contribution in [0.5, 0.6) is 0 Å². The SMILES string of the molecule is CCCCCC12CCC(C(=O)Nc3ccn([C@@H]4CO[C@H](CO)O4)c(=O)n3)(CC1)CC2.CCCCCC12CCC(C(=O)O)(CC1)CC2.CCCCCC12CCC(C(=O)OC[C@H]3OC[C@@H](n4ccc(N)nc4=O)O3)(CC1)CC2.Nc1ccn([C@@H]2CO[C@H](CO)O2)c(=O)n1. The topological polar surface area (TPSA) is 345 Å². The van der Waals surface area contributed by atoms with Crippen molar-refractivity contribution in [1.82, 2.24) is 28.7 Å². The fraction of sp³-hybridized carbons (Fsp3) is 0.773. The molecule has 25 heteroatoms. The molecule has 0 radical (unpaired) electrons. The molecule has 3 aromatic rings. The Labute approximate surface area is 533 Å². The largest absolute Gasteiger partial charge is 0.481 e. The number of carbonyl (C=O) groups is 3. The van der Waals surface area contributed by atoms with E-state index in [0.717, 1.165) is 96.3 Å². The summed E-state index contributed by atoms with van der Waals surface area (Å²) in [6.45, 7) is 6.82. The number of nitrogens with one attached hydrogen (secondary N) is 1. The lowest BCUT2D eigenvalue weighted by molar-refractivity contribution is -0.179. The number of carbonyl (C=O) groups excluding carboxylic acids is 2. The first-order chi connectivity index (χ1) is 43.8. The minimum atomic E-state index is -0.730. The predicted molar refractivity (Wildman–Crippen MR) is 335 cm³/mol. The molecule has 6 atom stereocenters. The molecule has 91 heavy (non-hydrogen) atoms. The molecule has 0 spiro atoms. The summed E-state index contributed by atoms with van der Waals surface area (Å²) in [5.41, 5.74) is 9.82. The van der Waals surface area contributed by atoms with E-state index in [9.17, 15) is 33.9 Å². The minimum absolute atomic E-state index is 0.00481. The van der Waals surface area contributed by atoms with Gasteiger partial charge in [0, 0.05) is 24.0 Å². The third-order valence-electron chi connectivity index (χ3n) is 22.1. The standard InChI is InChI=1S/2C22H33N3O5.C14H24O2.C8H11N3O4/c1-2-3-4-6-21-7-10-22(11-8-21,12-9-21)19(27)23-16-5-13-25(20(28)24-16)17-15-29-18(14-26)30-17;1-2-3-4-6-21-7-10-22(11-8-21,12-9-21)19(26)29-15-18-28-14-17(30-18)25-13-5-16(23)24-20(25)27;1-2-3-4-5-13-6-9-14(10-7-13,11-8-13)12(15)16;9-5-1-2-11(8(13)10-5)6-4-14-7(3-12)15-6/h5,13,17-18,26H,2-4,6-12,14-15H2,1H3,(H,23,24,27,28);5,13,17-18H,2-4,6-12,14-15H2,1H3,(H2,23,24,27);2-11H2,1H3,(H,15,16);1-2,6-7,12H,3-4H2,(H2,9,10,13)/t2*17-,18-,21?,22?;;6-,7-/m00.0/s1.